The molecule has 5 nitrogen and oxygen atoms in total. The first-order valence-electron chi connectivity index (χ1n) is 8.86. The molecule has 0 bridgehead atoms. The first-order chi connectivity index (χ1) is 13.5. The summed E-state index contributed by atoms with van der Waals surface area (Å²) in [6.07, 6.45) is 3.06. The second-order valence-corrected chi connectivity index (χ2v) is 7.19. The summed E-state index contributed by atoms with van der Waals surface area (Å²) < 4.78 is 5.30. The van der Waals surface area contributed by atoms with Crippen molar-refractivity contribution in [2.24, 2.45) is 0 Å². The van der Waals surface area contributed by atoms with Crippen molar-refractivity contribution in [2.75, 3.05) is 31.6 Å². The number of rotatable bonds is 4. The summed E-state index contributed by atoms with van der Waals surface area (Å²) >= 11 is 11.9. The van der Waals surface area contributed by atoms with Gasteiger partial charge in [0.25, 0.3) is 5.91 Å². The zero-order chi connectivity index (χ0) is 20.1. The Labute approximate surface area is 173 Å². The van der Waals surface area contributed by atoms with E-state index in [0.717, 1.165) is 11.1 Å². The van der Waals surface area contributed by atoms with E-state index in [4.69, 9.17) is 27.9 Å². The Kier molecular flexibility index (Phi) is 6.73. The molecule has 146 valence electrons. The first-order valence-corrected chi connectivity index (χ1v) is 9.62. The molecule has 1 aliphatic rings. The van der Waals surface area contributed by atoms with Crippen molar-refractivity contribution >= 4 is 46.8 Å². The Bertz CT molecular complexity index is 922. The number of hydrogen-bond acceptors (Lipinski definition) is 3. The van der Waals surface area contributed by atoms with Gasteiger partial charge < -0.3 is 15.0 Å². The summed E-state index contributed by atoms with van der Waals surface area (Å²) in [5.74, 6) is -0.353. The molecule has 2 aromatic carbocycles. The van der Waals surface area contributed by atoms with Gasteiger partial charge in [0.05, 0.1) is 23.3 Å². The number of amides is 2. The third-order valence-corrected chi connectivity index (χ3v) is 5.23. The zero-order valence-electron chi connectivity index (χ0n) is 15.4. The Morgan fingerprint density at radius 2 is 1.86 bits per heavy atom. The van der Waals surface area contributed by atoms with E-state index in [1.165, 1.54) is 6.08 Å². The molecule has 0 aliphatic carbocycles. The molecule has 0 spiro atoms. The Hall–Kier alpha value is -2.34. The lowest BCUT2D eigenvalue weighted by molar-refractivity contribution is -0.111. The van der Waals surface area contributed by atoms with Gasteiger partial charge in [-0.1, -0.05) is 35.3 Å². The quantitative estimate of drug-likeness (QED) is 0.747. The van der Waals surface area contributed by atoms with Crippen molar-refractivity contribution in [2.45, 2.75) is 6.92 Å². The van der Waals surface area contributed by atoms with Crippen LogP contribution in [0.2, 0.25) is 10.0 Å². The van der Waals surface area contributed by atoms with Crippen molar-refractivity contribution < 1.29 is 14.3 Å². The lowest BCUT2D eigenvalue weighted by Gasteiger charge is -2.27. The van der Waals surface area contributed by atoms with Gasteiger partial charge in [-0.05, 0) is 48.4 Å². The van der Waals surface area contributed by atoms with Gasteiger partial charge in [0.2, 0.25) is 5.91 Å². The molecular formula is C21H20Cl2N2O3. The highest BCUT2D eigenvalue weighted by Crippen LogP contribution is 2.24. The zero-order valence-corrected chi connectivity index (χ0v) is 16.9. The van der Waals surface area contributed by atoms with Gasteiger partial charge in [-0.25, -0.2) is 0 Å². The van der Waals surface area contributed by atoms with Crippen LogP contribution in [0.1, 0.15) is 21.5 Å². The van der Waals surface area contributed by atoms with E-state index in [0.29, 0.717) is 47.6 Å². The summed E-state index contributed by atoms with van der Waals surface area (Å²) in [6.45, 7) is 4.05. The SMILES string of the molecule is Cc1c(NC(=O)/C=C/c2ccc(Cl)c(Cl)c2)cccc1C(=O)N1CCOCC1. The van der Waals surface area contributed by atoms with E-state index >= 15 is 0 Å². The average Bonchev–Trinajstić information content (AvgIpc) is 2.70. The highest BCUT2D eigenvalue weighted by molar-refractivity contribution is 6.42. The average molecular weight is 419 g/mol. The van der Waals surface area contributed by atoms with E-state index < -0.39 is 0 Å². The van der Waals surface area contributed by atoms with Gasteiger partial charge in [-0.3, -0.25) is 9.59 Å². The molecule has 0 saturated carbocycles. The number of halogens is 2. The van der Waals surface area contributed by atoms with E-state index in [-0.39, 0.29) is 11.8 Å². The number of nitrogens with one attached hydrogen (secondary N) is 1. The van der Waals surface area contributed by atoms with Crippen LogP contribution < -0.4 is 5.32 Å². The highest BCUT2D eigenvalue weighted by atomic mass is 35.5. The number of morpholine rings is 1. The molecule has 0 atom stereocenters. The van der Waals surface area contributed by atoms with Crippen LogP contribution in [0.15, 0.2) is 42.5 Å². The van der Waals surface area contributed by atoms with Crippen molar-refractivity contribution in [1.82, 2.24) is 4.90 Å². The molecule has 0 aromatic heterocycles. The topological polar surface area (TPSA) is 58.6 Å². The molecule has 1 fully saturated rings. The van der Waals surface area contributed by atoms with Crippen LogP contribution in [0.5, 0.6) is 0 Å². The van der Waals surface area contributed by atoms with Crippen LogP contribution in [-0.4, -0.2) is 43.0 Å². The van der Waals surface area contributed by atoms with Crippen molar-refractivity contribution in [3.8, 4) is 0 Å². The molecule has 0 unspecified atom stereocenters. The van der Waals surface area contributed by atoms with Crippen molar-refractivity contribution in [1.29, 1.82) is 0 Å². The van der Waals surface area contributed by atoms with Crippen molar-refractivity contribution in [3.05, 3.63) is 69.2 Å². The molecule has 1 aliphatic heterocycles. The van der Waals surface area contributed by atoms with Crippen LogP contribution in [0.25, 0.3) is 6.08 Å². The van der Waals surface area contributed by atoms with E-state index in [1.807, 2.05) is 6.92 Å². The summed E-state index contributed by atoms with van der Waals surface area (Å²) in [7, 11) is 0. The summed E-state index contributed by atoms with van der Waals surface area (Å²) in [6, 6.07) is 10.4. The van der Waals surface area contributed by atoms with E-state index in [1.54, 1.807) is 47.4 Å². The van der Waals surface area contributed by atoms with Crippen LogP contribution in [-0.2, 0) is 9.53 Å². The number of nitrogens with zero attached hydrogens (tertiary/aromatic N) is 1. The summed E-state index contributed by atoms with van der Waals surface area (Å²) in [5, 5.41) is 3.71. The van der Waals surface area contributed by atoms with Gasteiger partial charge in [-0.2, -0.15) is 0 Å². The molecule has 1 heterocycles. The molecule has 1 N–H and O–H groups in total. The highest BCUT2D eigenvalue weighted by Gasteiger charge is 2.21. The molecule has 1 saturated heterocycles. The molecule has 28 heavy (non-hydrogen) atoms. The standard InChI is InChI=1S/C21H20Cl2N2O3/c1-14-16(21(27)25-9-11-28-12-10-25)3-2-4-19(14)24-20(26)8-6-15-5-7-17(22)18(23)13-15/h2-8,13H,9-12H2,1H3,(H,24,26)/b8-6+. The van der Waals surface area contributed by atoms with Crippen LogP contribution >= 0.6 is 23.2 Å². The second-order valence-electron chi connectivity index (χ2n) is 6.38. The normalized spacial score (nSPS) is 14.3. The lowest BCUT2D eigenvalue weighted by Crippen LogP contribution is -2.41. The number of carbonyl (C=O) groups is 2. The van der Waals surface area contributed by atoms with Gasteiger partial charge in [0, 0.05) is 30.4 Å². The maximum atomic E-state index is 12.7. The maximum absolute atomic E-state index is 12.7. The van der Waals surface area contributed by atoms with Gasteiger partial charge in [0.1, 0.15) is 0 Å². The van der Waals surface area contributed by atoms with Crippen LogP contribution in [0.4, 0.5) is 5.69 Å². The number of hydrogen-bond donors (Lipinski definition) is 1. The molecule has 3 rings (SSSR count). The monoisotopic (exact) mass is 418 g/mol. The minimum atomic E-state index is -0.301. The van der Waals surface area contributed by atoms with Crippen LogP contribution in [0, 0.1) is 6.92 Å². The Morgan fingerprint density at radius 3 is 2.57 bits per heavy atom. The molecular weight excluding hydrogens is 399 g/mol. The molecule has 2 amide bonds. The van der Waals surface area contributed by atoms with Crippen LogP contribution in [0.3, 0.4) is 0 Å². The second kappa shape index (κ2) is 9.24. The Balaban J connectivity index is 1.71. The van der Waals surface area contributed by atoms with Gasteiger partial charge in [-0.15, -0.1) is 0 Å². The summed E-state index contributed by atoms with van der Waals surface area (Å²) in [5.41, 5.74) is 2.67. The molecule has 0 radical (unpaired) electrons. The number of carbonyl (C=O) groups excluding carboxylic acids is 2. The fourth-order valence-electron chi connectivity index (χ4n) is 2.90. The van der Waals surface area contributed by atoms with Gasteiger partial charge in [0.15, 0.2) is 0 Å². The summed E-state index contributed by atoms with van der Waals surface area (Å²) in [4.78, 5) is 26.8. The third kappa shape index (κ3) is 4.93. The van der Waals surface area contributed by atoms with E-state index in [9.17, 15) is 9.59 Å². The third-order valence-electron chi connectivity index (χ3n) is 4.49. The fraction of sp³-hybridized carbons (Fsp3) is 0.238. The fourth-order valence-corrected chi connectivity index (χ4v) is 3.21. The Morgan fingerprint density at radius 1 is 1.11 bits per heavy atom. The van der Waals surface area contributed by atoms with Crippen molar-refractivity contribution in [3.63, 3.8) is 0 Å². The molecule has 2 aromatic rings. The number of anilines is 1. The number of benzene rings is 2. The van der Waals surface area contributed by atoms with Gasteiger partial charge >= 0.3 is 0 Å². The predicted octanol–water partition coefficient (Wildman–Crippen LogP) is 4.43. The first kappa shape index (κ1) is 20.4. The predicted molar refractivity (Wildman–Crippen MR) is 112 cm³/mol. The molecule has 7 heteroatoms. The smallest absolute Gasteiger partial charge is 0.254 e. The minimum Gasteiger partial charge on any atom is -0.378 e. The maximum Gasteiger partial charge on any atom is 0.254 e. The lowest BCUT2D eigenvalue weighted by atomic mass is 10.0. The number of ether oxygens (including phenoxy) is 1. The minimum absolute atomic E-state index is 0.0525. The van der Waals surface area contributed by atoms with E-state index in [2.05, 4.69) is 5.32 Å². The largest absolute Gasteiger partial charge is 0.378 e.